The lowest BCUT2D eigenvalue weighted by Gasteiger charge is -2.14. The van der Waals surface area contributed by atoms with Gasteiger partial charge in [0, 0.05) is 4.90 Å². The van der Waals surface area contributed by atoms with Crippen LogP contribution in [0.5, 0.6) is 0 Å². The van der Waals surface area contributed by atoms with Gasteiger partial charge in [0.05, 0.1) is 6.07 Å². The maximum Gasteiger partial charge on any atom is 0.159 e. The highest BCUT2D eigenvalue weighted by Crippen LogP contribution is 2.22. The number of hydrogen-bond donors (Lipinski definition) is 1. The Morgan fingerprint density at radius 1 is 1.41 bits per heavy atom. The highest BCUT2D eigenvalue weighted by Gasteiger charge is 2.16. The molecule has 5 heteroatoms. The molecule has 2 N–H and O–H groups in total. The summed E-state index contributed by atoms with van der Waals surface area (Å²) < 4.78 is 25.5. The summed E-state index contributed by atoms with van der Waals surface area (Å²) in [6, 6.07) is 5.84. The average molecular weight is 256 g/mol. The number of nitriles is 1. The Balaban J connectivity index is 2.37. The highest BCUT2D eigenvalue weighted by atomic mass is 32.2. The van der Waals surface area contributed by atoms with Gasteiger partial charge < -0.3 is 5.73 Å². The molecular weight excluding hydrogens is 242 g/mol. The molecule has 0 aromatic heterocycles. The number of nitrogens with zero attached hydrogens (tertiary/aromatic N) is 1. The van der Waals surface area contributed by atoms with Crippen molar-refractivity contribution in [3.63, 3.8) is 0 Å². The molecule has 0 bridgehead atoms. The predicted molar refractivity (Wildman–Crippen MR) is 64.5 cm³/mol. The molecular formula is C12H14F2N2S. The molecule has 0 heterocycles. The lowest BCUT2D eigenvalue weighted by molar-refractivity contribution is 0.506. The second kappa shape index (κ2) is 5.99. The minimum atomic E-state index is -0.839. The summed E-state index contributed by atoms with van der Waals surface area (Å²) in [6.45, 7) is 1.68. The lowest BCUT2D eigenvalue weighted by Crippen LogP contribution is -2.33. The Labute approximate surface area is 104 Å². The van der Waals surface area contributed by atoms with Crippen LogP contribution in [0.1, 0.15) is 19.8 Å². The van der Waals surface area contributed by atoms with Crippen LogP contribution in [0.4, 0.5) is 8.78 Å². The molecule has 1 aromatic carbocycles. The van der Waals surface area contributed by atoms with E-state index in [1.165, 1.54) is 23.9 Å². The molecule has 0 radical (unpaired) electrons. The van der Waals surface area contributed by atoms with E-state index in [1.807, 2.05) is 6.07 Å². The molecule has 2 nitrogen and oxygen atoms in total. The van der Waals surface area contributed by atoms with Gasteiger partial charge in [0.15, 0.2) is 11.6 Å². The fourth-order valence-electron chi connectivity index (χ4n) is 1.25. The molecule has 92 valence electrons. The molecule has 1 aromatic rings. The standard InChI is InChI=1S/C12H14F2N2S/c1-12(16,8-15)5-2-6-17-9-3-4-10(13)11(14)7-9/h3-4,7H,2,5-6,16H2,1H3. The van der Waals surface area contributed by atoms with Crippen molar-refractivity contribution in [2.24, 2.45) is 5.73 Å². The maximum absolute atomic E-state index is 12.9. The first kappa shape index (κ1) is 13.9. The molecule has 17 heavy (non-hydrogen) atoms. The number of thioether (sulfide) groups is 1. The summed E-state index contributed by atoms with van der Waals surface area (Å²) in [7, 11) is 0. The molecule has 1 atom stereocenters. The number of benzene rings is 1. The molecule has 0 saturated carbocycles. The van der Waals surface area contributed by atoms with Crippen molar-refractivity contribution in [2.75, 3.05) is 5.75 Å². The largest absolute Gasteiger partial charge is 0.314 e. The zero-order valence-electron chi connectivity index (χ0n) is 9.54. The van der Waals surface area contributed by atoms with Gasteiger partial charge in [-0.2, -0.15) is 5.26 Å². The van der Waals surface area contributed by atoms with E-state index in [0.29, 0.717) is 11.3 Å². The van der Waals surface area contributed by atoms with E-state index in [4.69, 9.17) is 11.0 Å². The fraction of sp³-hybridized carbons (Fsp3) is 0.417. The average Bonchev–Trinajstić information content (AvgIpc) is 2.29. The normalized spacial score (nSPS) is 14.1. The quantitative estimate of drug-likeness (QED) is 0.650. The van der Waals surface area contributed by atoms with Gasteiger partial charge in [-0.1, -0.05) is 0 Å². The number of hydrogen-bond acceptors (Lipinski definition) is 3. The lowest BCUT2D eigenvalue weighted by atomic mass is 10.0. The smallest absolute Gasteiger partial charge is 0.159 e. The van der Waals surface area contributed by atoms with Crippen molar-refractivity contribution in [3.05, 3.63) is 29.8 Å². The first-order valence-electron chi connectivity index (χ1n) is 5.22. The summed E-state index contributed by atoms with van der Waals surface area (Å²) in [6.07, 6.45) is 1.34. The van der Waals surface area contributed by atoms with Crippen LogP contribution in [-0.4, -0.2) is 11.3 Å². The van der Waals surface area contributed by atoms with Crippen LogP contribution in [0.15, 0.2) is 23.1 Å². The Morgan fingerprint density at radius 3 is 2.71 bits per heavy atom. The van der Waals surface area contributed by atoms with Gasteiger partial charge in [-0.25, -0.2) is 8.78 Å². The zero-order valence-corrected chi connectivity index (χ0v) is 10.4. The van der Waals surface area contributed by atoms with E-state index in [-0.39, 0.29) is 0 Å². The molecule has 0 aliphatic heterocycles. The van der Waals surface area contributed by atoms with Crippen LogP contribution in [0.25, 0.3) is 0 Å². The Hall–Kier alpha value is -1.12. The van der Waals surface area contributed by atoms with Gasteiger partial charge in [-0.15, -0.1) is 11.8 Å². The van der Waals surface area contributed by atoms with Gasteiger partial charge in [0.2, 0.25) is 0 Å². The van der Waals surface area contributed by atoms with Crippen molar-refractivity contribution in [3.8, 4) is 6.07 Å². The van der Waals surface area contributed by atoms with Gasteiger partial charge in [0.1, 0.15) is 5.54 Å². The van der Waals surface area contributed by atoms with Crippen molar-refractivity contribution >= 4 is 11.8 Å². The van der Waals surface area contributed by atoms with E-state index in [9.17, 15) is 8.78 Å². The monoisotopic (exact) mass is 256 g/mol. The predicted octanol–water partition coefficient (Wildman–Crippen LogP) is 3.08. The van der Waals surface area contributed by atoms with Crippen LogP contribution in [-0.2, 0) is 0 Å². The molecule has 0 aliphatic rings. The molecule has 0 aliphatic carbocycles. The summed E-state index contributed by atoms with van der Waals surface area (Å²) in [4.78, 5) is 0.680. The third-order valence-electron chi connectivity index (χ3n) is 2.26. The highest BCUT2D eigenvalue weighted by molar-refractivity contribution is 7.99. The molecule has 0 fully saturated rings. The van der Waals surface area contributed by atoms with Crippen LogP contribution in [0.2, 0.25) is 0 Å². The second-order valence-electron chi connectivity index (χ2n) is 4.06. The van der Waals surface area contributed by atoms with Gasteiger partial charge >= 0.3 is 0 Å². The number of nitrogens with two attached hydrogens (primary N) is 1. The van der Waals surface area contributed by atoms with E-state index in [2.05, 4.69) is 0 Å². The Bertz CT molecular complexity index is 427. The van der Waals surface area contributed by atoms with Crippen molar-refractivity contribution in [2.45, 2.75) is 30.2 Å². The van der Waals surface area contributed by atoms with Crippen LogP contribution < -0.4 is 5.73 Å². The van der Waals surface area contributed by atoms with E-state index < -0.39 is 17.2 Å². The molecule has 0 spiro atoms. The molecule has 1 rings (SSSR count). The van der Waals surface area contributed by atoms with Gasteiger partial charge in [-0.3, -0.25) is 0 Å². The van der Waals surface area contributed by atoms with Crippen LogP contribution in [0, 0.1) is 23.0 Å². The van der Waals surface area contributed by atoms with Crippen molar-refractivity contribution < 1.29 is 8.78 Å². The van der Waals surface area contributed by atoms with Crippen molar-refractivity contribution in [1.82, 2.24) is 0 Å². The maximum atomic E-state index is 12.9. The van der Waals surface area contributed by atoms with E-state index in [0.717, 1.165) is 18.2 Å². The Morgan fingerprint density at radius 2 is 2.12 bits per heavy atom. The molecule has 1 unspecified atom stereocenters. The van der Waals surface area contributed by atoms with Crippen LogP contribution in [0.3, 0.4) is 0 Å². The summed E-state index contributed by atoms with van der Waals surface area (Å²) >= 11 is 1.42. The van der Waals surface area contributed by atoms with Gasteiger partial charge in [0.25, 0.3) is 0 Å². The van der Waals surface area contributed by atoms with E-state index >= 15 is 0 Å². The fourth-order valence-corrected chi connectivity index (χ4v) is 2.13. The zero-order chi connectivity index (χ0) is 12.9. The van der Waals surface area contributed by atoms with Crippen LogP contribution >= 0.6 is 11.8 Å². The minimum Gasteiger partial charge on any atom is -0.314 e. The summed E-state index contributed by atoms with van der Waals surface area (Å²) in [5.41, 5.74) is 4.85. The van der Waals surface area contributed by atoms with E-state index in [1.54, 1.807) is 6.92 Å². The molecule has 0 saturated heterocycles. The third-order valence-corrected chi connectivity index (χ3v) is 3.34. The summed E-state index contributed by atoms with van der Waals surface area (Å²) in [5, 5.41) is 8.70. The summed E-state index contributed by atoms with van der Waals surface area (Å²) in [5.74, 6) is -0.955. The second-order valence-corrected chi connectivity index (χ2v) is 5.23. The number of rotatable bonds is 5. The first-order chi connectivity index (χ1) is 7.94. The first-order valence-corrected chi connectivity index (χ1v) is 6.21. The molecule has 0 amide bonds. The SMILES string of the molecule is CC(N)(C#N)CCCSc1ccc(F)c(F)c1. The van der Waals surface area contributed by atoms with Crippen molar-refractivity contribution in [1.29, 1.82) is 5.26 Å². The topological polar surface area (TPSA) is 49.8 Å². The minimum absolute atomic E-state index is 0.584. The van der Waals surface area contributed by atoms with Gasteiger partial charge in [-0.05, 0) is 43.7 Å². The number of halogens is 2. The Kier molecular flexibility index (Phi) is 4.91. The third kappa shape index (κ3) is 4.72.